The molecule has 1 aromatic heterocycles. The second kappa shape index (κ2) is 5.30. The number of benzene rings is 1. The summed E-state index contributed by atoms with van der Waals surface area (Å²) < 4.78 is 0.959. The zero-order valence-electron chi connectivity index (χ0n) is 8.71. The van der Waals surface area contributed by atoms with Gasteiger partial charge in [0.25, 0.3) is 0 Å². The molecule has 1 heterocycles. The Kier molecular flexibility index (Phi) is 4.00. The van der Waals surface area contributed by atoms with Crippen LogP contribution in [-0.4, -0.2) is 0 Å². The first-order chi connectivity index (χ1) is 7.68. The minimum Gasteiger partial charge on any atom is -0.151 e. The van der Waals surface area contributed by atoms with Crippen LogP contribution in [0.1, 0.15) is 11.1 Å². The van der Waals surface area contributed by atoms with Gasteiger partial charge in [0.05, 0.1) is 3.39 Å². The van der Waals surface area contributed by atoms with Crippen molar-refractivity contribution in [1.82, 2.24) is 0 Å². The summed E-state index contributed by atoms with van der Waals surface area (Å²) in [5.41, 5.74) is 5.14. The second-order valence-corrected chi connectivity index (χ2v) is 7.01. The Morgan fingerprint density at radius 2 is 1.88 bits per heavy atom. The monoisotopic (exact) mass is 356 g/mol. The van der Waals surface area contributed by atoms with Crippen molar-refractivity contribution in [3.63, 3.8) is 0 Å². The summed E-state index contributed by atoms with van der Waals surface area (Å²) in [6.45, 7) is 2.15. The van der Waals surface area contributed by atoms with Gasteiger partial charge in [0.1, 0.15) is 0 Å². The fourth-order valence-corrected chi connectivity index (χ4v) is 2.96. The first kappa shape index (κ1) is 12.1. The van der Waals surface area contributed by atoms with E-state index in [1.807, 2.05) is 0 Å². The summed E-state index contributed by atoms with van der Waals surface area (Å²) in [7, 11) is 0. The highest BCUT2D eigenvalue weighted by molar-refractivity contribution is 9.28. The van der Waals surface area contributed by atoms with Crippen molar-refractivity contribution in [2.24, 2.45) is 0 Å². The quantitative estimate of drug-likeness (QED) is 0.635. The molecule has 0 radical (unpaired) electrons. The minimum absolute atomic E-state index is 0.959. The summed E-state index contributed by atoms with van der Waals surface area (Å²) in [5.74, 6) is 0. The first-order valence-corrected chi connectivity index (χ1v) is 7.36. The molecular weight excluding hydrogens is 348 g/mol. The largest absolute Gasteiger partial charge is 0.151 e. The van der Waals surface area contributed by atoms with Crippen LogP contribution in [0.5, 0.6) is 0 Å². The molecule has 0 saturated heterocycles. The van der Waals surface area contributed by atoms with E-state index in [0.717, 1.165) is 3.39 Å². The molecular formula is C13H10Br2S. The van der Waals surface area contributed by atoms with Crippen LogP contribution in [-0.2, 0) is 0 Å². The number of hydrogen-bond acceptors (Lipinski definition) is 1. The molecule has 1 aromatic carbocycles. The van der Waals surface area contributed by atoms with Gasteiger partial charge in [-0.2, -0.15) is 11.3 Å². The molecule has 0 unspecified atom stereocenters. The van der Waals surface area contributed by atoms with E-state index >= 15 is 0 Å². The minimum atomic E-state index is 0.959. The maximum absolute atomic E-state index is 3.41. The molecule has 16 heavy (non-hydrogen) atoms. The average Bonchev–Trinajstić information content (AvgIpc) is 2.64. The number of halogens is 2. The summed E-state index contributed by atoms with van der Waals surface area (Å²) in [4.78, 5) is 0. The lowest BCUT2D eigenvalue weighted by atomic mass is 10.00. The fraction of sp³-hybridized carbons (Fsp3) is 0.0769. The summed E-state index contributed by atoms with van der Waals surface area (Å²) in [5, 5.41) is 4.38. The summed E-state index contributed by atoms with van der Waals surface area (Å²) in [6.07, 6.45) is 2.08. The van der Waals surface area contributed by atoms with Gasteiger partial charge in [0.15, 0.2) is 0 Å². The molecule has 0 aliphatic heterocycles. The molecule has 0 spiro atoms. The lowest BCUT2D eigenvalue weighted by Gasteiger charge is -2.05. The smallest absolute Gasteiger partial charge is 0.0610 e. The molecule has 0 N–H and O–H groups in total. The van der Waals surface area contributed by atoms with Crippen molar-refractivity contribution in [3.05, 3.63) is 49.5 Å². The molecule has 0 atom stereocenters. The Hall–Kier alpha value is -0.380. The van der Waals surface area contributed by atoms with Crippen molar-refractivity contribution in [1.29, 1.82) is 0 Å². The number of hydrogen-bond donors (Lipinski definition) is 0. The van der Waals surface area contributed by atoms with E-state index < -0.39 is 0 Å². The fourth-order valence-electron chi connectivity index (χ4n) is 1.62. The molecule has 0 saturated carbocycles. The van der Waals surface area contributed by atoms with Gasteiger partial charge in [0, 0.05) is 0 Å². The van der Waals surface area contributed by atoms with E-state index in [1.54, 1.807) is 11.3 Å². The van der Waals surface area contributed by atoms with E-state index in [4.69, 9.17) is 0 Å². The molecule has 82 valence electrons. The van der Waals surface area contributed by atoms with Gasteiger partial charge < -0.3 is 0 Å². The lowest BCUT2D eigenvalue weighted by molar-refractivity contribution is 1.52. The lowest BCUT2D eigenvalue weighted by Crippen LogP contribution is -1.82. The van der Waals surface area contributed by atoms with Crippen LogP contribution in [0.15, 0.2) is 38.4 Å². The third kappa shape index (κ3) is 2.65. The van der Waals surface area contributed by atoms with Crippen LogP contribution < -0.4 is 0 Å². The Labute approximate surface area is 116 Å². The Bertz CT molecular complexity index is 522. The van der Waals surface area contributed by atoms with E-state index in [-0.39, 0.29) is 0 Å². The van der Waals surface area contributed by atoms with Crippen LogP contribution in [0.25, 0.3) is 17.2 Å². The van der Waals surface area contributed by atoms with E-state index in [1.165, 1.54) is 22.3 Å². The van der Waals surface area contributed by atoms with E-state index in [2.05, 4.69) is 79.9 Å². The predicted octanol–water partition coefficient (Wildman–Crippen LogP) is 5.81. The molecule has 0 nitrogen and oxygen atoms in total. The Morgan fingerprint density at radius 3 is 2.50 bits per heavy atom. The molecule has 0 aliphatic carbocycles. The topological polar surface area (TPSA) is 0 Å². The van der Waals surface area contributed by atoms with Gasteiger partial charge in [-0.05, 0) is 77.9 Å². The molecule has 0 amide bonds. The van der Waals surface area contributed by atoms with Crippen molar-refractivity contribution >= 4 is 49.3 Å². The molecule has 2 aromatic rings. The third-order valence-electron chi connectivity index (χ3n) is 2.37. The maximum Gasteiger partial charge on any atom is 0.0610 e. The molecule has 0 bridgehead atoms. The van der Waals surface area contributed by atoms with Crippen molar-refractivity contribution in [2.75, 3.05) is 0 Å². The second-order valence-electron chi connectivity index (χ2n) is 3.49. The van der Waals surface area contributed by atoms with Gasteiger partial charge >= 0.3 is 0 Å². The highest BCUT2D eigenvalue weighted by atomic mass is 79.9. The number of thiophene rings is 1. The first-order valence-electron chi connectivity index (χ1n) is 4.83. The molecule has 3 heteroatoms. The average molecular weight is 358 g/mol. The van der Waals surface area contributed by atoms with Crippen LogP contribution in [0, 0.1) is 6.92 Å². The van der Waals surface area contributed by atoms with Crippen LogP contribution in [0.2, 0.25) is 0 Å². The molecule has 2 rings (SSSR count). The highest BCUT2D eigenvalue weighted by Crippen LogP contribution is 2.31. The van der Waals surface area contributed by atoms with Gasteiger partial charge in [-0.3, -0.25) is 0 Å². The Balaban J connectivity index is 2.57. The van der Waals surface area contributed by atoms with Crippen LogP contribution in [0.3, 0.4) is 0 Å². The number of rotatable bonds is 2. The SMILES string of the molecule is Cc1cscc1-c1ccccc1C=C(Br)Br. The summed E-state index contributed by atoms with van der Waals surface area (Å²) in [6, 6.07) is 8.41. The summed E-state index contributed by atoms with van der Waals surface area (Å²) >= 11 is 8.56. The maximum atomic E-state index is 3.41. The van der Waals surface area contributed by atoms with Gasteiger partial charge in [-0.15, -0.1) is 0 Å². The standard InChI is InChI=1S/C13H10Br2S/c1-9-7-16-8-12(9)11-5-3-2-4-10(11)6-13(14)15/h2-8H,1H3. The van der Waals surface area contributed by atoms with Crippen molar-refractivity contribution < 1.29 is 0 Å². The predicted molar refractivity (Wildman–Crippen MR) is 80.3 cm³/mol. The zero-order valence-corrected chi connectivity index (χ0v) is 12.7. The molecule has 0 aliphatic rings. The third-order valence-corrected chi connectivity index (χ3v) is 3.69. The van der Waals surface area contributed by atoms with E-state index in [0.29, 0.717) is 0 Å². The Morgan fingerprint density at radius 1 is 1.12 bits per heavy atom. The van der Waals surface area contributed by atoms with E-state index in [9.17, 15) is 0 Å². The van der Waals surface area contributed by atoms with Gasteiger partial charge in [-0.1, -0.05) is 24.3 Å². The van der Waals surface area contributed by atoms with Crippen LogP contribution >= 0.6 is 43.2 Å². The van der Waals surface area contributed by atoms with Crippen LogP contribution in [0.4, 0.5) is 0 Å². The van der Waals surface area contributed by atoms with Gasteiger partial charge in [-0.25, -0.2) is 0 Å². The zero-order chi connectivity index (χ0) is 11.5. The van der Waals surface area contributed by atoms with Crippen molar-refractivity contribution in [3.8, 4) is 11.1 Å². The van der Waals surface area contributed by atoms with Gasteiger partial charge in [0.2, 0.25) is 0 Å². The normalized spacial score (nSPS) is 10.2. The molecule has 0 fully saturated rings. The highest BCUT2D eigenvalue weighted by Gasteiger charge is 2.06. The number of aryl methyl sites for hydroxylation is 1. The van der Waals surface area contributed by atoms with Crippen molar-refractivity contribution in [2.45, 2.75) is 6.92 Å².